The molecule has 1 aliphatic heterocycles. The quantitative estimate of drug-likeness (QED) is 0.628. The van der Waals surface area contributed by atoms with E-state index >= 15 is 0 Å². The Morgan fingerprint density at radius 1 is 1.19 bits per heavy atom. The SMILES string of the molecule is CCc1nc2ncc(CN3CCN(c4ccc(C(=O)NC)nc4)[C@H]4CC[C@@H]43)cc2[nH]c1=O. The number of aromatic nitrogens is 4. The third kappa shape index (κ3) is 3.62. The van der Waals surface area contributed by atoms with Gasteiger partial charge >= 0.3 is 0 Å². The Kier molecular flexibility index (Phi) is 5.34. The lowest BCUT2D eigenvalue weighted by Crippen LogP contribution is -2.64. The number of fused-ring (bicyclic) bond motifs is 2. The molecule has 9 nitrogen and oxygen atoms in total. The van der Waals surface area contributed by atoms with Gasteiger partial charge in [0.05, 0.1) is 17.4 Å². The summed E-state index contributed by atoms with van der Waals surface area (Å²) in [5.74, 6) is -0.172. The van der Waals surface area contributed by atoms with E-state index in [1.165, 1.54) is 0 Å². The van der Waals surface area contributed by atoms with Crippen molar-refractivity contribution in [3.8, 4) is 0 Å². The molecule has 1 saturated heterocycles. The van der Waals surface area contributed by atoms with Crippen molar-refractivity contribution in [2.45, 2.75) is 44.8 Å². The Bertz CT molecular complexity index is 1210. The van der Waals surface area contributed by atoms with Gasteiger partial charge in [0.2, 0.25) is 0 Å². The van der Waals surface area contributed by atoms with Crippen molar-refractivity contribution < 1.29 is 4.79 Å². The summed E-state index contributed by atoms with van der Waals surface area (Å²) in [4.78, 5) is 44.9. The normalized spacial score (nSPS) is 20.6. The van der Waals surface area contributed by atoms with E-state index in [1.807, 2.05) is 25.3 Å². The molecule has 1 aliphatic carbocycles. The first-order valence-electron chi connectivity index (χ1n) is 11.1. The number of nitrogens with one attached hydrogen (secondary N) is 2. The molecule has 9 heteroatoms. The zero-order valence-electron chi connectivity index (χ0n) is 18.3. The average molecular weight is 434 g/mol. The van der Waals surface area contributed by atoms with E-state index in [4.69, 9.17) is 0 Å². The number of amides is 1. The van der Waals surface area contributed by atoms with Gasteiger partial charge in [0, 0.05) is 45.0 Å². The molecule has 32 heavy (non-hydrogen) atoms. The summed E-state index contributed by atoms with van der Waals surface area (Å²) in [5, 5.41) is 2.61. The van der Waals surface area contributed by atoms with Gasteiger partial charge in [-0.25, -0.2) is 15.0 Å². The Morgan fingerprint density at radius 2 is 2.03 bits per heavy atom. The summed E-state index contributed by atoms with van der Waals surface area (Å²) >= 11 is 0. The molecule has 0 unspecified atom stereocenters. The summed E-state index contributed by atoms with van der Waals surface area (Å²) in [7, 11) is 1.61. The molecular weight excluding hydrogens is 406 g/mol. The van der Waals surface area contributed by atoms with Crippen molar-refractivity contribution in [1.82, 2.24) is 30.2 Å². The molecule has 0 bridgehead atoms. The molecule has 2 aliphatic rings. The molecule has 0 radical (unpaired) electrons. The smallest absolute Gasteiger partial charge is 0.270 e. The molecule has 1 saturated carbocycles. The average Bonchev–Trinajstić information content (AvgIpc) is 2.79. The van der Waals surface area contributed by atoms with E-state index in [0.29, 0.717) is 41.1 Å². The van der Waals surface area contributed by atoms with Gasteiger partial charge in [-0.05, 0) is 43.0 Å². The number of carbonyl (C=O) groups excluding carboxylic acids is 1. The summed E-state index contributed by atoms with van der Waals surface area (Å²) < 4.78 is 0. The predicted molar refractivity (Wildman–Crippen MR) is 122 cm³/mol. The van der Waals surface area contributed by atoms with Crippen LogP contribution in [-0.2, 0) is 13.0 Å². The van der Waals surface area contributed by atoms with E-state index in [1.54, 1.807) is 19.3 Å². The Hall–Kier alpha value is -3.33. The van der Waals surface area contributed by atoms with Crippen LogP contribution in [0.5, 0.6) is 0 Å². The molecule has 3 aromatic rings. The van der Waals surface area contributed by atoms with E-state index in [2.05, 4.69) is 35.1 Å². The lowest BCUT2D eigenvalue weighted by atomic mass is 9.81. The first-order chi connectivity index (χ1) is 15.6. The van der Waals surface area contributed by atoms with E-state index in [0.717, 1.165) is 43.7 Å². The molecule has 5 rings (SSSR count). The first-order valence-corrected chi connectivity index (χ1v) is 11.1. The van der Waals surface area contributed by atoms with Crippen LogP contribution in [0.25, 0.3) is 11.2 Å². The zero-order valence-corrected chi connectivity index (χ0v) is 18.3. The highest BCUT2D eigenvalue weighted by Gasteiger charge is 2.42. The fraction of sp³-hybridized carbons (Fsp3) is 0.435. The molecule has 3 aromatic heterocycles. The standard InChI is InChI=1S/C23H27N7O2/c1-3-16-23(32)28-18-10-14(11-26-21(18)27-16)13-29-8-9-30(20-7-6-19(20)29)15-4-5-17(25-12-15)22(31)24-2/h4-5,10-12,19-20H,3,6-9,13H2,1-2H3,(H,24,31)(H,28,32)/t19-,20-/m0/s1. The Morgan fingerprint density at radius 3 is 2.72 bits per heavy atom. The maximum atomic E-state index is 12.1. The fourth-order valence-corrected chi connectivity index (χ4v) is 4.77. The molecule has 2 N–H and O–H groups in total. The van der Waals surface area contributed by atoms with E-state index in [-0.39, 0.29) is 11.5 Å². The molecule has 0 aromatic carbocycles. The third-order valence-electron chi connectivity index (χ3n) is 6.63. The summed E-state index contributed by atoms with van der Waals surface area (Å²) in [5.41, 5.74) is 4.23. The van der Waals surface area contributed by atoms with Crippen LogP contribution < -0.4 is 15.8 Å². The maximum Gasteiger partial charge on any atom is 0.270 e. The number of aromatic amines is 1. The van der Waals surface area contributed by atoms with Gasteiger partial charge in [0.25, 0.3) is 11.5 Å². The van der Waals surface area contributed by atoms with Crippen molar-refractivity contribution in [3.05, 3.63) is 57.9 Å². The summed E-state index contributed by atoms with van der Waals surface area (Å²) in [6.07, 6.45) is 6.56. The number of carbonyl (C=O) groups is 1. The number of hydrogen-bond acceptors (Lipinski definition) is 7. The fourth-order valence-electron chi connectivity index (χ4n) is 4.77. The van der Waals surface area contributed by atoms with E-state index in [9.17, 15) is 9.59 Å². The number of pyridine rings is 2. The number of rotatable bonds is 5. The molecule has 4 heterocycles. The van der Waals surface area contributed by atoms with Gasteiger partial charge in [0.1, 0.15) is 11.4 Å². The van der Waals surface area contributed by atoms with Crippen LogP contribution in [-0.4, -0.2) is 63.0 Å². The molecule has 1 amide bonds. The van der Waals surface area contributed by atoms with Crippen LogP contribution in [0.2, 0.25) is 0 Å². The number of nitrogens with zero attached hydrogens (tertiary/aromatic N) is 5. The van der Waals surface area contributed by atoms with Crippen molar-refractivity contribution in [2.75, 3.05) is 25.0 Å². The molecule has 2 atom stereocenters. The lowest BCUT2D eigenvalue weighted by Gasteiger charge is -2.54. The zero-order chi connectivity index (χ0) is 22.2. The van der Waals surface area contributed by atoms with Gasteiger partial charge in [-0.1, -0.05) is 6.92 Å². The van der Waals surface area contributed by atoms with Gasteiger partial charge in [0.15, 0.2) is 5.65 Å². The van der Waals surface area contributed by atoms with E-state index < -0.39 is 0 Å². The molecule has 0 spiro atoms. The highest BCUT2D eigenvalue weighted by Crippen LogP contribution is 2.37. The predicted octanol–water partition coefficient (Wildman–Crippen LogP) is 1.49. The van der Waals surface area contributed by atoms with Crippen molar-refractivity contribution in [2.24, 2.45) is 0 Å². The van der Waals surface area contributed by atoms with Crippen LogP contribution in [0.1, 0.15) is 41.5 Å². The molecule has 2 fully saturated rings. The largest absolute Gasteiger partial charge is 0.364 e. The van der Waals surface area contributed by atoms with Crippen molar-refractivity contribution >= 4 is 22.8 Å². The first kappa shape index (κ1) is 20.6. The number of aryl methyl sites for hydroxylation is 1. The molecular formula is C23H27N7O2. The second-order valence-corrected chi connectivity index (χ2v) is 8.44. The van der Waals surface area contributed by atoms with Crippen LogP contribution >= 0.6 is 0 Å². The minimum atomic E-state index is -0.172. The minimum Gasteiger partial charge on any atom is -0.364 e. The monoisotopic (exact) mass is 433 g/mol. The minimum absolute atomic E-state index is 0.136. The van der Waals surface area contributed by atoms with Gasteiger partial charge in [-0.15, -0.1) is 0 Å². The topological polar surface area (TPSA) is 107 Å². The highest BCUT2D eigenvalue weighted by atomic mass is 16.1. The number of hydrogen-bond donors (Lipinski definition) is 2. The number of piperazine rings is 1. The third-order valence-corrected chi connectivity index (χ3v) is 6.63. The highest BCUT2D eigenvalue weighted by molar-refractivity contribution is 5.92. The van der Waals surface area contributed by atoms with Crippen LogP contribution in [0.15, 0.2) is 35.4 Å². The van der Waals surface area contributed by atoms with Gasteiger partial charge in [-0.2, -0.15) is 0 Å². The number of anilines is 1. The Balaban J connectivity index is 1.30. The van der Waals surface area contributed by atoms with Crippen LogP contribution in [0, 0.1) is 0 Å². The van der Waals surface area contributed by atoms with Crippen molar-refractivity contribution in [3.63, 3.8) is 0 Å². The van der Waals surface area contributed by atoms with Gasteiger partial charge < -0.3 is 15.2 Å². The maximum absolute atomic E-state index is 12.1. The lowest BCUT2D eigenvalue weighted by molar-refractivity contribution is 0.0658. The molecule has 166 valence electrons. The summed E-state index contributed by atoms with van der Waals surface area (Å²) in [6.45, 7) is 4.55. The summed E-state index contributed by atoms with van der Waals surface area (Å²) in [6, 6.07) is 6.69. The second-order valence-electron chi connectivity index (χ2n) is 8.44. The Labute approximate surface area is 185 Å². The van der Waals surface area contributed by atoms with Crippen LogP contribution in [0.3, 0.4) is 0 Å². The second kappa shape index (κ2) is 8.31. The van der Waals surface area contributed by atoms with Crippen LogP contribution in [0.4, 0.5) is 5.69 Å². The van der Waals surface area contributed by atoms with Crippen molar-refractivity contribution in [1.29, 1.82) is 0 Å². The number of H-pyrrole nitrogens is 1. The van der Waals surface area contributed by atoms with Gasteiger partial charge in [-0.3, -0.25) is 14.5 Å².